The minimum Gasteiger partial charge on any atom is -0.480 e. The van der Waals surface area contributed by atoms with Gasteiger partial charge in [-0.05, 0) is 35.8 Å². The van der Waals surface area contributed by atoms with Crippen LogP contribution in [0, 0.1) is 0 Å². The average Bonchev–Trinajstić information content (AvgIpc) is 2.66. The Bertz CT molecular complexity index is 729. The van der Waals surface area contributed by atoms with Crippen LogP contribution in [0.5, 0.6) is 0 Å². The highest BCUT2D eigenvalue weighted by Crippen LogP contribution is 2.11. The Morgan fingerprint density at radius 1 is 1.08 bits per heavy atom. The fourth-order valence-corrected chi connectivity index (χ4v) is 2.30. The Hall–Kier alpha value is -2.96. The molecule has 0 aliphatic carbocycles. The largest absolute Gasteiger partial charge is 0.480 e. The second kappa shape index (κ2) is 10.1. The van der Waals surface area contributed by atoms with Gasteiger partial charge >= 0.3 is 5.97 Å². The molecule has 0 saturated carbocycles. The predicted octanol–water partition coefficient (Wildman–Crippen LogP) is 2.57. The molecule has 2 aromatic rings. The first-order valence-electron chi connectivity index (χ1n) is 8.18. The maximum Gasteiger partial charge on any atom is 0.321 e. The lowest BCUT2D eigenvalue weighted by atomic mass is 10.1. The van der Waals surface area contributed by atoms with E-state index in [-0.39, 0.29) is 12.6 Å². The third-order valence-electron chi connectivity index (χ3n) is 3.69. The van der Waals surface area contributed by atoms with Gasteiger partial charge in [0.05, 0.1) is 13.3 Å². The predicted molar refractivity (Wildman–Crippen MR) is 99.6 cm³/mol. The number of carbonyl (C=O) groups excluding carboxylic acids is 1. The molecule has 3 N–H and O–H groups in total. The zero-order chi connectivity index (χ0) is 18.8. The van der Waals surface area contributed by atoms with E-state index in [1.54, 1.807) is 24.3 Å². The summed E-state index contributed by atoms with van der Waals surface area (Å²) in [5, 5.41) is 14.9. The van der Waals surface area contributed by atoms with Gasteiger partial charge in [-0.15, -0.1) is 0 Å². The average molecular weight is 354 g/mol. The topological polar surface area (TPSA) is 87.7 Å². The van der Waals surface area contributed by atoms with Gasteiger partial charge in [0, 0.05) is 5.69 Å². The van der Waals surface area contributed by atoms with E-state index in [0.29, 0.717) is 18.7 Å². The van der Waals surface area contributed by atoms with Crippen LogP contribution in [0.15, 0.2) is 67.3 Å². The summed E-state index contributed by atoms with van der Waals surface area (Å²) in [7, 11) is 0. The molecule has 6 nitrogen and oxygen atoms in total. The lowest BCUT2D eigenvalue weighted by molar-refractivity contribution is -0.140. The normalized spacial score (nSPS) is 11.5. The highest BCUT2D eigenvalue weighted by molar-refractivity contribution is 5.98. The van der Waals surface area contributed by atoms with Crippen molar-refractivity contribution < 1.29 is 19.4 Å². The van der Waals surface area contributed by atoms with Gasteiger partial charge in [-0.1, -0.05) is 49.0 Å². The van der Waals surface area contributed by atoms with Crippen LogP contribution in [0.2, 0.25) is 0 Å². The second-order valence-corrected chi connectivity index (χ2v) is 5.67. The Kier molecular flexibility index (Phi) is 7.54. The molecule has 0 unspecified atom stereocenters. The zero-order valence-corrected chi connectivity index (χ0v) is 14.4. The first kappa shape index (κ1) is 19.4. The van der Waals surface area contributed by atoms with Gasteiger partial charge in [0.15, 0.2) is 0 Å². The molecule has 0 bridgehead atoms. The molecule has 2 rings (SSSR count). The monoisotopic (exact) mass is 354 g/mol. The molecule has 0 fully saturated rings. The van der Waals surface area contributed by atoms with Crippen LogP contribution < -0.4 is 10.6 Å². The molecule has 1 atom stereocenters. The molecule has 0 saturated heterocycles. The minimum atomic E-state index is -0.947. The van der Waals surface area contributed by atoms with E-state index in [1.165, 1.54) is 6.08 Å². The molecular weight excluding hydrogens is 332 g/mol. The second-order valence-electron chi connectivity index (χ2n) is 5.67. The summed E-state index contributed by atoms with van der Waals surface area (Å²) >= 11 is 0. The highest BCUT2D eigenvalue weighted by atomic mass is 16.5. The van der Waals surface area contributed by atoms with Crippen LogP contribution in [0.4, 0.5) is 5.69 Å². The summed E-state index contributed by atoms with van der Waals surface area (Å²) in [4.78, 5) is 22.7. The van der Waals surface area contributed by atoms with E-state index in [4.69, 9.17) is 4.74 Å². The number of carboxylic acid groups (broad SMARTS) is 1. The Morgan fingerprint density at radius 3 is 2.38 bits per heavy atom. The van der Waals surface area contributed by atoms with E-state index in [2.05, 4.69) is 17.2 Å². The van der Waals surface area contributed by atoms with Crippen molar-refractivity contribution in [3.8, 4) is 0 Å². The molecule has 0 heterocycles. The molecule has 0 radical (unpaired) electrons. The minimum absolute atomic E-state index is 0.138. The van der Waals surface area contributed by atoms with E-state index < -0.39 is 12.0 Å². The number of hydrogen-bond donors (Lipinski definition) is 3. The fraction of sp³-hybridized carbons (Fsp3) is 0.200. The summed E-state index contributed by atoms with van der Waals surface area (Å²) in [5.74, 6) is -1.24. The number of benzene rings is 2. The number of anilines is 1. The number of rotatable bonds is 10. The molecule has 136 valence electrons. The quantitative estimate of drug-likeness (QED) is 0.347. The Labute approximate surface area is 152 Å². The van der Waals surface area contributed by atoms with Crippen molar-refractivity contribution in [2.45, 2.75) is 19.1 Å². The molecule has 1 amide bonds. The number of carbonyl (C=O) groups is 2. The third-order valence-corrected chi connectivity index (χ3v) is 3.69. The van der Waals surface area contributed by atoms with Gasteiger partial charge in [0.2, 0.25) is 5.91 Å². The number of hydrogen-bond acceptors (Lipinski definition) is 4. The van der Waals surface area contributed by atoms with Crippen molar-refractivity contribution in [2.24, 2.45) is 0 Å². The van der Waals surface area contributed by atoms with E-state index in [0.717, 1.165) is 11.1 Å². The number of nitrogens with one attached hydrogen (secondary N) is 2. The molecule has 2 aromatic carbocycles. The standard InChI is InChI=1S/C20H22N2O4/c1-2-19(23)22-17-10-8-15(9-11-17)12-18(20(24)25)21-14-26-13-16-6-4-3-5-7-16/h2-11,18,21H,1,12-14H2,(H,22,23)(H,24,25)/t18-/m0/s1. The first-order chi connectivity index (χ1) is 12.6. The molecule has 0 aromatic heterocycles. The summed E-state index contributed by atoms with van der Waals surface area (Å²) in [5.41, 5.74) is 2.49. The third kappa shape index (κ3) is 6.51. The number of ether oxygens (including phenoxy) is 1. The molecular formula is C20H22N2O4. The van der Waals surface area contributed by atoms with Gasteiger partial charge in [-0.3, -0.25) is 14.9 Å². The van der Waals surface area contributed by atoms with Gasteiger partial charge in [-0.2, -0.15) is 0 Å². The number of aliphatic carboxylic acids is 1. The van der Waals surface area contributed by atoms with Crippen LogP contribution in [0.3, 0.4) is 0 Å². The summed E-state index contributed by atoms with van der Waals surface area (Å²) in [6.07, 6.45) is 1.49. The summed E-state index contributed by atoms with van der Waals surface area (Å²) in [6, 6.07) is 15.9. The molecule has 0 aliphatic heterocycles. The maximum absolute atomic E-state index is 11.4. The van der Waals surface area contributed by atoms with Gasteiger partial charge in [0.1, 0.15) is 6.04 Å². The Morgan fingerprint density at radius 2 is 1.77 bits per heavy atom. The van der Waals surface area contributed by atoms with E-state index >= 15 is 0 Å². The van der Waals surface area contributed by atoms with Crippen molar-refractivity contribution in [2.75, 3.05) is 12.0 Å². The fourth-order valence-electron chi connectivity index (χ4n) is 2.30. The number of carboxylic acids is 1. The van der Waals surface area contributed by atoms with Crippen molar-refractivity contribution in [1.29, 1.82) is 0 Å². The highest BCUT2D eigenvalue weighted by Gasteiger charge is 2.17. The lowest BCUT2D eigenvalue weighted by Crippen LogP contribution is -2.39. The van der Waals surface area contributed by atoms with Gasteiger partial charge in [0.25, 0.3) is 0 Å². The molecule has 6 heteroatoms. The summed E-state index contributed by atoms with van der Waals surface area (Å²) in [6.45, 7) is 3.94. The SMILES string of the molecule is C=CC(=O)Nc1ccc(C[C@H](NCOCc2ccccc2)C(=O)O)cc1. The number of amides is 1. The first-order valence-corrected chi connectivity index (χ1v) is 8.18. The zero-order valence-electron chi connectivity index (χ0n) is 14.4. The molecule has 0 aliphatic rings. The molecule has 26 heavy (non-hydrogen) atoms. The van der Waals surface area contributed by atoms with Crippen LogP contribution in [0.25, 0.3) is 0 Å². The maximum atomic E-state index is 11.4. The van der Waals surface area contributed by atoms with Crippen molar-refractivity contribution in [3.05, 3.63) is 78.4 Å². The van der Waals surface area contributed by atoms with Crippen molar-refractivity contribution in [1.82, 2.24) is 5.32 Å². The van der Waals surface area contributed by atoms with Crippen LogP contribution in [0.1, 0.15) is 11.1 Å². The lowest BCUT2D eigenvalue weighted by Gasteiger charge is -2.15. The van der Waals surface area contributed by atoms with Crippen LogP contribution >= 0.6 is 0 Å². The van der Waals surface area contributed by atoms with Gasteiger partial charge in [-0.25, -0.2) is 0 Å². The van der Waals surface area contributed by atoms with E-state index in [1.807, 2.05) is 30.3 Å². The van der Waals surface area contributed by atoms with Crippen molar-refractivity contribution in [3.63, 3.8) is 0 Å². The van der Waals surface area contributed by atoms with Crippen LogP contribution in [-0.4, -0.2) is 29.8 Å². The smallest absolute Gasteiger partial charge is 0.321 e. The Balaban J connectivity index is 1.82. The van der Waals surface area contributed by atoms with Gasteiger partial charge < -0.3 is 15.2 Å². The van der Waals surface area contributed by atoms with E-state index in [9.17, 15) is 14.7 Å². The van der Waals surface area contributed by atoms with Crippen LogP contribution in [-0.2, 0) is 27.4 Å². The van der Waals surface area contributed by atoms with Crippen molar-refractivity contribution >= 4 is 17.6 Å². The molecule has 0 spiro atoms. The summed E-state index contributed by atoms with van der Waals surface area (Å²) < 4.78 is 5.48.